The number of fused-ring (bicyclic) bond motifs is 1. The first kappa shape index (κ1) is 16.4. The molecule has 122 valence electrons. The van der Waals surface area contributed by atoms with Gasteiger partial charge in [0.15, 0.2) is 11.6 Å². The summed E-state index contributed by atoms with van der Waals surface area (Å²) in [6.07, 6.45) is 0.323. The fourth-order valence-electron chi connectivity index (χ4n) is 2.51. The van der Waals surface area contributed by atoms with Crippen LogP contribution in [0.2, 0.25) is 0 Å². The van der Waals surface area contributed by atoms with E-state index in [1.54, 1.807) is 0 Å². The summed E-state index contributed by atoms with van der Waals surface area (Å²) in [6, 6.07) is 2.40. The predicted molar refractivity (Wildman–Crippen MR) is 86.3 cm³/mol. The average molecular weight is 347 g/mol. The summed E-state index contributed by atoms with van der Waals surface area (Å²) in [6.45, 7) is 10.9. The number of benzene rings is 1. The predicted octanol–water partition coefficient (Wildman–Crippen LogP) is 4.74. The standard InChI is InChI=1S/C17H12F3N3S/c1-8-10(4-11(7-21-3)9(2)22-8)5-14-23-16-15(20)12(18)6-13(19)17(16)24-14/h4,6H,5,7H2,1-2H3. The van der Waals surface area contributed by atoms with E-state index in [-0.39, 0.29) is 16.8 Å². The summed E-state index contributed by atoms with van der Waals surface area (Å²) in [5.74, 6) is -3.20. The summed E-state index contributed by atoms with van der Waals surface area (Å²) in [5, 5.41) is 0.468. The molecule has 0 saturated carbocycles. The van der Waals surface area contributed by atoms with E-state index < -0.39 is 17.5 Å². The minimum absolute atomic E-state index is 0.00278. The molecule has 3 nitrogen and oxygen atoms in total. The molecule has 0 atom stereocenters. The SMILES string of the molecule is [C-]#[N+]Cc1cc(Cc2nc3c(F)c(F)cc(F)c3s2)c(C)nc1C. The van der Waals surface area contributed by atoms with Gasteiger partial charge in [0.2, 0.25) is 6.54 Å². The number of aromatic nitrogens is 2. The molecular formula is C17H12F3N3S. The Kier molecular flexibility index (Phi) is 4.24. The summed E-state index contributed by atoms with van der Waals surface area (Å²) in [4.78, 5) is 11.8. The van der Waals surface area contributed by atoms with Gasteiger partial charge in [-0.15, -0.1) is 11.3 Å². The van der Waals surface area contributed by atoms with E-state index in [1.807, 2.05) is 19.9 Å². The van der Waals surface area contributed by atoms with Crippen molar-refractivity contribution in [1.82, 2.24) is 9.97 Å². The van der Waals surface area contributed by atoms with E-state index in [0.717, 1.165) is 33.9 Å². The molecule has 0 aliphatic carbocycles. The van der Waals surface area contributed by atoms with Crippen LogP contribution in [-0.4, -0.2) is 9.97 Å². The lowest BCUT2D eigenvalue weighted by Crippen LogP contribution is -2.00. The maximum absolute atomic E-state index is 13.8. The molecule has 2 aromatic heterocycles. The highest BCUT2D eigenvalue weighted by molar-refractivity contribution is 7.18. The van der Waals surface area contributed by atoms with Crippen molar-refractivity contribution < 1.29 is 13.2 Å². The fourth-order valence-corrected chi connectivity index (χ4v) is 3.49. The first-order valence-electron chi connectivity index (χ1n) is 7.12. The van der Waals surface area contributed by atoms with Crippen molar-refractivity contribution in [3.8, 4) is 0 Å². The molecule has 2 heterocycles. The zero-order chi connectivity index (χ0) is 17.4. The molecule has 0 spiro atoms. The lowest BCUT2D eigenvalue weighted by atomic mass is 10.1. The first-order valence-corrected chi connectivity index (χ1v) is 7.94. The highest BCUT2D eigenvalue weighted by atomic mass is 32.1. The first-order chi connectivity index (χ1) is 11.4. The van der Waals surface area contributed by atoms with Gasteiger partial charge in [0.05, 0.1) is 15.3 Å². The highest BCUT2D eigenvalue weighted by Crippen LogP contribution is 2.30. The number of nitrogens with zero attached hydrogens (tertiary/aromatic N) is 3. The van der Waals surface area contributed by atoms with Gasteiger partial charge >= 0.3 is 0 Å². The van der Waals surface area contributed by atoms with Crippen LogP contribution in [0.1, 0.15) is 27.5 Å². The van der Waals surface area contributed by atoms with Gasteiger partial charge in [-0.25, -0.2) is 24.7 Å². The van der Waals surface area contributed by atoms with Crippen molar-refractivity contribution in [2.75, 3.05) is 0 Å². The maximum Gasteiger partial charge on any atom is 0.241 e. The smallest absolute Gasteiger partial charge is 0.241 e. The maximum atomic E-state index is 13.8. The van der Waals surface area contributed by atoms with Crippen molar-refractivity contribution >= 4 is 21.6 Å². The third-order valence-electron chi connectivity index (χ3n) is 3.76. The van der Waals surface area contributed by atoms with Crippen LogP contribution >= 0.6 is 11.3 Å². The Morgan fingerprint density at radius 3 is 2.46 bits per heavy atom. The van der Waals surface area contributed by atoms with Gasteiger partial charge in [-0.2, -0.15) is 0 Å². The van der Waals surface area contributed by atoms with Crippen LogP contribution in [0.15, 0.2) is 12.1 Å². The molecule has 0 radical (unpaired) electrons. The Labute approximate surface area is 140 Å². The topological polar surface area (TPSA) is 30.1 Å². The van der Waals surface area contributed by atoms with Crippen molar-refractivity contribution in [2.24, 2.45) is 0 Å². The minimum Gasteiger partial charge on any atom is -0.312 e. The van der Waals surface area contributed by atoms with Crippen LogP contribution in [0.5, 0.6) is 0 Å². The van der Waals surface area contributed by atoms with Gasteiger partial charge in [-0.3, -0.25) is 4.98 Å². The second-order valence-corrected chi connectivity index (χ2v) is 6.49. The molecule has 0 amide bonds. The Morgan fingerprint density at radius 2 is 1.75 bits per heavy atom. The van der Waals surface area contributed by atoms with Gasteiger partial charge in [0, 0.05) is 23.9 Å². The number of hydrogen-bond acceptors (Lipinski definition) is 3. The Hall–Kier alpha value is -2.46. The zero-order valence-corrected chi connectivity index (χ0v) is 13.8. The molecule has 7 heteroatoms. The molecule has 0 saturated heterocycles. The number of halogens is 3. The molecule has 0 N–H and O–H groups in total. The molecule has 1 aromatic carbocycles. The lowest BCUT2D eigenvalue weighted by molar-refractivity contribution is 0.504. The molecule has 0 aliphatic rings. The molecule has 3 aromatic rings. The summed E-state index contributed by atoms with van der Waals surface area (Å²) >= 11 is 0.993. The minimum atomic E-state index is -1.25. The Balaban J connectivity index is 2.05. The highest BCUT2D eigenvalue weighted by Gasteiger charge is 2.18. The van der Waals surface area contributed by atoms with Crippen LogP contribution in [0.3, 0.4) is 0 Å². The normalized spacial score (nSPS) is 11.0. The summed E-state index contributed by atoms with van der Waals surface area (Å²) in [5.41, 5.74) is 2.92. The van der Waals surface area contributed by atoms with Crippen molar-refractivity contribution in [3.63, 3.8) is 0 Å². The van der Waals surface area contributed by atoms with E-state index in [1.165, 1.54) is 0 Å². The number of hydrogen-bond donors (Lipinski definition) is 0. The van der Waals surface area contributed by atoms with E-state index in [0.29, 0.717) is 17.5 Å². The Morgan fingerprint density at radius 1 is 1.04 bits per heavy atom. The van der Waals surface area contributed by atoms with Crippen LogP contribution in [0.25, 0.3) is 15.1 Å². The molecule has 0 aliphatic heterocycles. The largest absolute Gasteiger partial charge is 0.312 e. The van der Waals surface area contributed by atoms with Crippen molar-refractivity contribution in [3.05, 3.63) is 68.5 Å². The van der Waals surface area contributed by atoms with E-state index in [2.05, 4.69) is 14.8 Å². The van der Waals surface area contributed by atoms with Crippen LogP contribution in [0, 0.1) is 37.9 Å². The van der Waals surface area contributed by atoms with Gasteiger partial charge in [-0.1, -0.05) is 0 Å². The molecule has 24 heavy (non-hydrogen) atoms. The van der Waals surface area contributed by atoms with Crippen molar-refractivity contribution in [1.29, 1.82) is 0 Å². The van der Waals surface area contributed by atoms with Crippen LogP contribution < -0.4 is 0 Å². The molecule has 0 fully saturated rings. The quantitative estimate of drug-likeness (QED) is 0.506. The Bertz CT molecular complexity index is 989. The average Bonchev–Trinajstić information content (AvgIpc) is 2.94. The number of thiazole rings is 1. The van der Waals surface area contributed by atoms with Crippen LogP contribution in [-0.2, 0) is 13.0 Å². The molecule has 0 bridgehead atoms. The summed E-state index contributed by atoms with van der Waals surface area (Å²) in [7, 11) is 0. The van der Waals surface area contributed by atoms with Gasteiger partial charge in [0.25, 0.3) is 0 Å². The number of rotatable bonds is 3. The monoisotopic (exact) mass is 347 g/mol. The summed E-state index contributed by atoms with van der Waals surface area (Å²) < 4.78 is 40.9. The van der Waals surface area contributed by atoms with Gasteiger partial charge < -0.3 is 4.85 Å². The molecule has 0 unspecified atom stereocenters. The molecular weight excluding hydrogens is 335 g/mol. The fraction of sp³-hybridized carbons (Fsp3) is 0.235. The number of aryl methyl sites for hydroxylation is 2. The molecule has 3 rings (SSSR count). The lowest BCUT2D eigenvalue weighted by Gasteiger charge is -2.07. The third kappa shape index (κ3) is 2.85. The second kappa shape index (κ2) is 6.21. The van der Waals surface area contributed by atoms with E-state index in [9.17, 15) is 13.2 Å². The van der Waals surface area contributed by atoms with Crippen molar-refractivity contribution in [2.45, 2.75) is 26.8 Å². The third-order valence-corrected chi connectivity index (χ3v) is 4.83. The zero-order valence-electron chi connectivity index (χ0n) is 13.0. The second-order valence-electron chi connectivity index (χ2n) is 5.41. The van der Waals surface area contributed by atoms with Gasteiger partial charge in [-0.05, 0) is 25.5 Å². The number of pyridine rings is 1. The van der Waals surface area contributed by atoms with Gasteiger partial charge in [0.1, 0.15) is 11.3 Å². The van der Waals surface area contributed by atoms with E-state index in [4.69, 9.17) is 6.57 Å². The van der Waals surface area contributed by atoms with Crippen LogP contribution in [0.4, 0.5) is 13.2 Å². The van der Waals surface area contributed by atoms with E-state index >= 15 is 0 Å².